The zero-order valence-corrected chi connectivity index (χ0v) is 18.6. The van der Waals surface area contributed by atoms with Crippen LogP contribution < -0.4 is 25.4 Å². The number of benzene rings is 3. The van der Waals surface area contributed by atoms with Gasteiger partial charge in [-0.15, -0.1) is 0 Å². The summed E-state index contributed by atoms with van der Waals surface area (Å²) in [5, 5.41) is 9.73. The van der Waals surface area contributed by atoms with Gasteiger partial charge in [-0.2, -0.15) is 0 Å². The minimum atomic E-state index is -0.127. The minimum absolute atomic E-state index is 0.127. The lowest BCUT2D eigenvalue weighted by Crippen LogP contribution is -2.19. The highest BCUT2D eigenvalue weighted by Crippen LogP contribution is 2.36. The van der Waals surface area contributed by atoms with E-state index in [1.165, 1.54) is 6.92 Å². The van der Waals surface area contributed by atoms with Crippen LogP contribution in [-0.4, -0.2) is 18.1 Å². The van der Waals surface area contributed by atoms with E-state index in [1.807, 2.05) is 42.5 Å². The number of hydrogen-bond acceptors (Lipinski definition) is 4. The fourth-order valence-electron chi connectivity index (χ4n) is 2.77. The fourth-order valence-corrected chi connectivity index (χ4v) is 3.24. The third kappa shape index (κ3) is 6.60. The van der Waals surface area contributed by atoms with Crippen LogP contribution in [0.3, 0.4) is 0 Å². The Kier molecular flexibility index (Phi) is 7.70. The van der Waals surface area contributed by atoms with Crippen molar-refractivity contribution in [3.8, 4) is 11.5 Å². The quantitative estimate of drug-likeness (QED) is 0.397. The molecule has 0 aliphatic rings. The number of nitrogens with one attached hydrogen (secondary N) is 3. The largest absolute Gasteiger partial charge is 0.495 e. The zero-order chi connectivity index (χ0) is 22.2. The van der Waals surface area contributed by atoms with Crippen LogP contribution in [0, 0.1) is 0 Å². The Morgan fingerprint density at radius 3 is 2.19 bits per heavy atom. The molecule has 6 nitrogen and oxygen atoms in total. The van der Waals surface area contributed by atoms with Crippen LogP contribution >= 0.6 is 23.8 Å². The van der Waals surface area contributed by atoms with Gasteiger partial charge in [0, 0.05) is 24.4 Å². The predicted octanol–water partition coefficient (Wildman–Crippen LogP) is 5.69. The zero-order valence-electron chi connectivity index (χ0n) is 17.1. The standard InChI is InChI=1S/C23H22ClN3O3S/c1-15(28)25-17-8-10-18(11-9-17)26-23(31)27-20-12-19(24)21(29-2)13-22(20)30-14-16-6-4-3-5-7-16/h3-13H,14H2,1-2H3,(H,25,28)(H2,26,27,31). The number of halogens is 1. The summed E-state index contributed by atoms with van der Waals surface area (Å²) >= 11 is 11.7. The first kappa shape index (κ1) is 22.4. The first-order valence-electron chi connectivity index (χ1n) is 9.44. The number of anilines is 3. The van der Waals surface area contributed by atoms with E-state index in [0.717, 1.165) is 11.3 Å². The molecular formula is C23H22ClN3O3S. The number of carbonyl (C=O) groups is 1. The van der Waals surface area contributed by atoms with E-state index in [2.05, 4.69) is 16.0 Å². The summed E-state index contributed by atoms with van der Waals surface area (Å²) in [6.45, 7) is 1.84. The maximum Gasteiger partial charge on any atom is 0.221 e. The van der Waals surface area contributed by atoms with E-state index in [0.29, 0.717) is 39.6 Å². The number of ether oxygens (including phenoxy) is 2. The monoisotopic (exact) mass is 455 g/mol. The number of hydrogen-bond donors (Lipinski definition) is 3. The highest BCUT2D eigenvalue weighted by atomic mass is 35.5. The van der Waals surface area contributed by atoms with E-state index < -0.39 is 0 Å². The lowest BCUT2D eigenvalue weighted by Gasteiger charge is -2.17. The second-order valence-corrected chi connectivity index (χ2v) is 7.41. The van der Waals surface area contributed by atoms with Crippen molar-refractivity contribution in [3.05, 3.63) is 77.3 Å². The number of methoxy groups -OCH3 is 1. The molecule has 3 N–H and O–H groups in total. The summed E-state index contributed by atoms with van der Waals surface area (Å²) in [6, 6.07) is 20.4. The second kappa shape index (κ2) is 10.7. The van der Waals surface area contributed by atoms with Crippen molar-refractivity contribution < 1.29 is 14.3 Å². The molecule has 31 heavy (non-hydrogen) atoms. The number of amides is 1. The molecule has 0 spiro atoms. The Labute approximate surface area is 191 Å². The Hall–Kier alpha value is -3.29. The fraction of sp³-hybridized carbons (Fsp3) is 0.130. The maximum atomic E-state index is 11.1. The summed E-state index contributed by atoms with van der Waals surface area (Å²) < 4.78 is 11.3. The molecule has 0 heterocycles. The van der Waals surface area contributed by atoms with Crippen molar-refractivity contribution in [2.75, 3.05) is 23.1 Å². The van der Waals surface area contributed by atoms with E-state index in [1.54, 1.807) is 31.4 Å². The normalized spacial score (nSPS) is 10.2. The molecule has 0 bridgehead atoms. The average molecular weight is 456 g/mol. The molecule has 0 radical (unpaired) electrons. The molecule has 0 unspecified atom stereocenters. The molecule has 0 atom stereocenters. The molecular weight excluding hydrogens is 434 g/mol. The Morgan fingerprint density at radius 2 is 1.58 bits per heavy atom. The molecule has 0 aliphatic carbocycles. The Morgan fingerprint density at radius 1 is 0.935 bits per heavy atom. The lowest BCUT2D eigenvalue weighted by molar-refractivity contribution is -0.114. The van der Waals surface area contributed by atoms with Gasteiger partial charge in [0.05, 0.1) is 17.8 Å². The Bertz CT molecular complexity index is 1060. The SMILES string of the molecule is COc1cc(OCc2ccccc2)c(NC(=S)Nc2ccc(NC(C)=O)cc2)cc1Cl. The molecule has 3 aromatic carbocycles. The summed E-state index contributed by atoms with van der Waals surface area (Å²) in [4.78, 5) is 11.1. The van der Waals surface area contributed by atoms with Gasteiger partial charge in [0.1, 0.15) is 18.1 Å². The molecule has 0 saturated carbocycles. The summed E-state index contributed by atoms with van der Waals surface area (Å²) in [5.74, 6) is 0.926. The summed E-state index contributed by atoms with van der Waals surface area (Å²) in [6.07, 6.45) is 0. The molecule has 8 heteroatoms. The number of carbonyl (C=O) groups excluding carboxylic acids is 1. The second-order valence-electron chi connectivity index (χ2n) is 6.59. The van der Waals surface area contributed by atoms with E-state index in [9.17, 15) is 4.79 Å². The lowest BCUT2D eigenvalue weighted by atomic mass is 10.2. The Balaban J connectivity index is 1.72. The molecule has 0 aliphatic heterocycles. The van der Waals surface area contributed by atoms with Crippen molar-refractivity contribution in [2.24, 2.45) is 0 Å². The third-order valence-corrected chi connectivity index (χ3v) is 4.70. The smallest absolute Gasteiger partial charge is 0.221 e. The van der Waals surface area contributed by atoms with Crippen molar-refractivity contribution in [1.29, 1.82) is 0 Å². The van der Waals surface area contributed by atoms with Crippen LogP contribution in [0.1, 0.15) is 12.5 Å². The van der Waals surface area contributed by atoms with Gasteiger partial charge in [0.2, 0.25) is 5.91 Å². The van der Waals surface area contributed by atoms with Crippen molar-refractivity contribution in [1.82, 2.24) is 0 Å². The molecule has 3 rings (SSSR count). The van der Waals surface area contributed by atoms with Gasteiger partial charge in [-0.25, -0.2) is 0 Å². The van der Waals surface area contributed by atoms with E-state index >= 15 is 0 Å². The van der Waals surface area contributed by atoms with Gasteiger partial charge in [-0.1, -0.05) is 41.9 Å². The molecule has 1 amide bonds. The number of thiocarbonyl (C=S) groups is 1. The van der Waals surface area contributed by atoms with Crippen molar-refractivity contribution >= 4 is 51.9 Å². The van der Waals surface area contributed by atoms with Gasteiger partial charge in [0.15, 0.2) is 5.11 Å². The molecule has 3 aromatic rings. The van der Waals surface area contributed by atoms with Crippen LogP contribution in [0.25, 0.3) is 0 Å². The van der Waals surface area contributed by atoms with Gasteiger partial charge >= 0.3 is 0 Å². The van der Waals surface area contributed by atoms with Crippen molar-refractivity contribution in [2.45, 2.75) is 13.5 Å². The summed E-state index contributed by atoms with van der Waals surface area (Å²) in [7, 11) is 1.55. The molecule has 0 aromatic heterocycles. The maximum absolute atomic E-state index is 11.1. The first-order chi connectivity index (χ1) is 14.9. The van der Waals surface area contributed by atoms with E-state index in [-0.39, 0.29) is 5.91 Å². The van der Waals surface area contributed by atoms with Gasteiger partial charge < -0.3 is 25.4 Å². The van der Waals surface area contributed by atoms with Crippen LogP contribution in [0.4, 0.5) is 17.1 Å². The highest BCUT2D eigenvalue weighted by Gasteiger charge is 2.12. The third-order valence-electron chi connectivity index (χ3n) is 4.20. The van der Waals surface area contributed by atoms with E-state index in [4.69, 9.17) is 33.3 Å². The van der Waals surface area contributed by atoms with Crippen LogP contribution in [0.15, 0.2) is 66.7 Å². The average Bonchev–Trinajstić information content (AvgIpc) is 2.75. The first-order valence-corrected chi connectivity index (χ1v) is 10.2. The molecule has 160 valence electrons. The number of rotatable bonds is 7. The van der Waals surface area contributed by atoms with Gasteiger partial charge in [-0.3, -0.25) is 4.79 Å². The molecule has 0 fully saturated rings. The summed E-state index contributed by atoms with van der Waals surface area (Å²) in [5.41, 5.74) is 3.10. The highest BCUT2D eigenvalue weighted by molar-refractivity contribution is 7.80. The predicted molar refractivity (Wildman–Crippen MR) is 129 cm³/mol. The van der Waals surface area contributed by atoms with Crippen molar-refractivity contribution in [3.63, 3.8) is 0 Å². The van der Waals surface area contributed by atoms with Crippen LogP contribution in [-0.2, 0) is 11.4 Å². The minimum Gasteiger partial charge on any atom is -0.495 e. The van der Waals surface area contributed by atoms with Gasteiger partial charge in [-0.05, 0) is 48.1 Å². The van der Waals surface area contributed by atoms with Crippen LogP contribution in [0.2, 0.25) is 5.02 Å². The molecule has 0 saturated heterocycles. The topological polar surface area (TPSA) is 71.6 Å². The van der Waals surface area contributed by atoms with Gasteiger partial charge in [0.25, 0.3) is 0 Å². The van der Waals surface area contributed by atoms with Crippen LogP contribution in [0.5, 0.6) is 11.5 Å².